The summed E-state index contributed by atoms with van der Waals surface area (Å²) in [5.74, 6) is 1.93. The Morgan fingerprint density at radius 3 is 2.50 bits per heavy atom. The Labute approximate surface area is 125 Å². The van der Waals surface area contributed by atoms with Crippen molar-refractivity contribution in [3.63, 3.8) is 0 Å². The van der Waals surface area contributed by atoms with Crippen molar-refractivity contribution in [2.75, 3.05) is 6.54 Å². The third kappa shape index (κ3) is 4.22. The average molecular weight is 276 g/mol. The van der Waals surface area contributed by atoms with Crippen LogP contribution in [-0.4, -0.2) is 23.5 Å². The number of hydrogen-bond donors (Lipinski definition) is 0. The number of rotatable bonds is 7. The molecule has 3 atom stereocenters. The SMILES string of the molecule is CCCC1CCC(C#N)C(N(CCC(C)C)C2CC2)C1. The molecule has 2 heteroatoms. The second-order valence-electron chi connectivity index (χ2n) is 7.42. The molecule has 0 amide bonds. The zero-order valence-corrected chi connectivity index (χ0v) is 13.6. The van der Waals surface area contributed by atoms with E-state index >= 15 is 0 Å². The maximum Gasteiger partial charge on any atom is 0.0672 e. The molecule has 0 heterocycles. The quantitative estimate of drug-likeness (QED) is 0.679. The van der Waals surface area contributed by atoms with Crippen molar-refractivity contribution in [3.05, 3.63) is 0 Å². The van der Waals surface area contributed by atoms with Crippen LogP contribution in [0.4, 0.5) is 0 Å². The molecule has 0 aromatic carbocycles. The monoisotopic (exact) mass is 276 g/mol. The fourth-order valence-electron chi connectivity index (χ4n) is 3.85. The molecule has 20 heavy (non-hydrogen) atoms. The van der Waals surface area contributed by atoms with Gasteiger partial charge < -0.3 is 0 Å². The molecule has 0 aliphatic heterocycles. The van der Waals surface area contributed by atoms with Crippen molar-refractivity contribution in [1.82, 2.24) is 4.90 Å². The van der Waals surface area contributed by atoms with E-state index in [1.54, 1.807) is 0 Å². The second kappa shape index (κ2) is 7.46. The van der Waals surface area contributed by atoms with Crippen molar-refractivity contribution in [1.29, 1.82) is 5.26 Å². The third-order valence-electron chi connectivity index (χ3n) is 5.19. The van der Waals surface area contributed by atoms with E-state index in [0.29, 0.717) is 6.04 Å². The summed E-state index contributed by atoms with van der Waals surface area (Å²) in [6.07, 6.45) is 10.4. The van der Waals surface area contributed by atoms with Crippen LogP contribution in [0.2, 0.25) is 0 Å². The Bertz CT molecular complexity index is 327. The molecule has 0 saturated heterocycles. The second-order valence-corrected chi connectivity index (χ2v) is 7.42. The zero-order chi connectivity index (χ0) is 14.5. The average Bonchev–Trinajstić information content (AvgIpc) is 3.24. The Morgan fingerprint density at radius 2 is 1.95 bits per heavy atom. The summed E-state index contributed by atoms with van der Waals surface area (Å²) in [4.78, 5) is 2.73. The molecular weight excluding hydrogens is 244 g/mol. The Kier molecular flexibility index (Phi) is 5.90. The van der Waals surface area contributed by atoms with E-state index in [2.05, 4.69) is 31.7 Å². The van der Waals surface area contributed by atoms with Gasteiger partial charge in [-0.25, -0.2) is 0 Å². The number of nitrogens with zero attached hydrogens (tertiary/aromatic N) is 2. The third-order valence-corrected chi connectivity index (χ3v) is 5.19. The predicted molar refractivity (Wildman–Crippen MR) is 84.3 cm³/mol. The summed E-state index contributed by atoms with van der Waals surface area (Å²) >= 11 is 0. The Hall–Kier alpha value is -0.550. The van der Waals surface area contributed by atoms with E-state index in [1.165, 1.54) is 51.5 Å². The predicted octanol–water partition coefficient (Wildman–Crippen LogP) is 4.61. The van der Waals surface area contributed by atoms with Gasteiger partial charge in [-0.2, -0.15) is 5.26 Å². The van der Waals surface area contributed by atoms with Gasteiger partial charge in [0.2, 0.25) is 0 Å². The van der Waals surface area contributed by atoms with Gasteiger partial charge in [-0.05, 0) is 56.9 Å². The summed E-state index contributed by atoms with van der Waals surface area (Å²) in [5, 5.41) is 9.53. The van der Waals surface area contributed by atoms with Crippen LogP contribution in [0.15, 0.2) is 0 Å². The first-order chi connectivity index (χ1) is 9.65. The lowest BCUT2D eigenvalue weighted by Crippen LogP contribution is -2.46. The van der Waals surface area contributed by atoms with Crippen LogP contribution in [0.25, 0.3) is 0 Å². The van der Waals surface area contributed by atoms with Crippen LogP contribution in [-0.2, 0) is 0 Å². The molecule has 2 aliphatic rings. The van der Waals surface area contributed by atoms with Crippen LogP contribution >= 0.6 is 0 Å². The molecule has 0 spiro atoms. The topological polar surface area (TPSA) is 27.0 Å². The minimum atomic E-state index is 0.288. The van der Waals surface area contributed by atoms with Gasteiger partial charge in [0.25, 0.3) is 0 Å². The summed E-state index contributed by atoms with van der Waals surface area (Å²) in [5.41, 5.74) is 0. The standard InChI is InChI=1S/C18H32N2/c1-4-5-15-6-7-16(13-19)18(12-15)20(17-8-9-17)11-10-14(2)3/h14-18H,4-12H2,1-3H3. The van der Waals surface area contributed by atoms with E-state index in [1.807, 2.05) is 0 Å². The molecule has 0 aromatic heterocycles. The molecule has 0 radical (unpaired) electrons. The number of hydrogen-bond acceptors (Lipinski definition) is 2. The fourth-order valence-corrected chi connectivity index (χ4v) is 3.85. The smallest absolute Gasteiger partial charge is 0.0672 e. The van der Waals surface area contributed by atoms with Crippen LogP contribution in [0.3, 0.4) is 0 Å². The summed E-state index contributed by atoms with van der Waals surface area (Å²) in [6.45, 7) is 8.13. The van der Waals surface area contributed by atoms with Gasteiger partial charge in [-0.1, -0.05) is 33.6 Å². The highest BCUT2D eigenvalue weighted by molar-refractivity contribution is 5.01. The van der Waals surface area contributed by atoms with Gasteiger partial charge in [0.1, 0.15) is 0 Å². The van der Waals surface area contributed by atoms with Crippen molar-refractivity contribution in [3.8, 4) is 6.07 Å². The minimum absolute atomic E-state index is 0.288. The van der Waals surface area contributed by atoms with Crippen molar-refractivity contribution < 1.29 is 0 Å². The first kappa shape index (κ1) is 15.8. The molecule has 114 valence electrons. The summed E-state index contributed by atoms with van der Waals surface area (Å²) in [7, 11) is 0. The van der Waals surface area contributed by atoms with Gasteiger partial charge in [0.15, 0.2) is 0 Å². The van der Waals surface area contributed by atoms with E-state index in [-0.39, 0.29) is 5.92 Å². The van der Waals surface area contributed by atoms with Gasteiger partial charge in [0.05, 0.1) is 12.0 Å². The van der Waals surface area contributed by atoms with Crippen LogP contribution in [0.5, 0.6) is 0 Å². The van der Waals surface area contributed by atoms with Crippen LogP contribution in [0, 0.1) is 29.1 Å². The maximum absolute atomic E-state index is 9.53. The Balaban J connectivity index is 2.00. The lowest BCUT2D eigenvalue weighted by molar-refractivity contribution is 0.0863. The van der Waals surface area contributed by atoms with Gasteiger partial charge in [-0.15, -0.1) is 0 Å². The normalized spacial score (nSPS) is 30.7. The largest absolute Gasteiger partial charge is 0.296 e. The van der Waals surface area contributed by atoms with E-state index in [9.17, 15) is 5.26 Å². The van der Waals surface area contributed by atoms with Crippen molar-refractivity contribution in [2.24, 2.45) is 17.8 Å². The molecule has 2 aliphatic carbocycles. The Morgan fingerprint density at radius 1 is 1.20 bits per heavy atom. The summed E-state index contributed by atoms with van der Waals surface area (Å²) in [6, 6.07) is 3.98. The van der Waals surface area contributed by atoms with E-state index in [0.717, 1.165) is 24.3 Å². The van der Waals surface area contributed by atoms with Gasteiger partial charge >= 0.3 is 0 Å². The van der Waals surface area contributed by atoms with Crippen molar-refractivity contribution in [2.45, 2.75) is 84.2 Å². The first-order valence-corrected chi connectivity index (χ1v) is 8.81. The zero-order valence-electron chi connectivity index (χ0n) is 13.6. The van der Waals surface area contributed by atoms with E-state index in [4.69, 9.17) is 0 Å². The molecule has 3 unspecified atom stereocenters. The highest BCUT2D eigenvalue weighted by Gasteiger charge is 2.40. The molecule has 2 rings (SSSR count). The molecule has 2 saturated carbocycles. The molecule has 2 nitrogen and oxygen atoms in total. The minimum Gasteiger partial charge on any atom is -0.296 e. The molecule has 2 fully saturated rings. The maximum atomic E-state index is 9.53. The highest BCUT2D eigenvalue weighted by Crippen LogP contribution is 2.39. The lowest BCUT2D eigenvalue weighted by atomic mass is 9.76. The summed E-state index contributed by atoms with van der Waals surface area (Å²) < 4.78 is 0. The van der Waals surface area contributed by atoms with Gasteiger partial charge in [0, 0.05) is 12.1 Å². The molecule has 0 N–H and O–H groups in total. The molecule has 0 aromatic rings. The molecule has 0 bridgehead atoms. The highest BCUT2D eigenvalue weighted by atomic mass is 15.2. The van der Waals surface area contributed by atoms with Gasteiger partial charge in [-0.3, -0.25) is 4.90 Å². The lowest BCUT2D eigenvalue weighted by Gasteiger charge is -2.41. The fraction of sp³-hybridized carbons (Fsp3) is 0.944. The van der Waals surface area contributed by atoms with Crippen molar-refractivity contribution >= 4 is 0 Å². The van der Waals surface area contributed by atoms with Crippen LogP contribution in [0.1, 0.15) is 72.1 Å². The van der Waals surface area contributed by atoms with Crippen LogP contribution < -0.4 is 0 Å². The molecular formula is C18H32N2. The first-order valence-electron chi connectivity index (χ1n) is 8.81. The number of nitriles is 1. The van der Waals surface area contributed by atoms with E-state index < -0.39 is 0 Å².